The van der Waals surface area contributed by atoms with Gasteiger partial charge in [0.05, 0.1) is 6.10 Å². The number of hydrogen-bond acceptors (Lipinski definition) is 4. The van der Waals surface area contributed by atoms with Gasteiger partial charge in [-0.3, -0.25) is 4.79 Å². The van der Waals surface area contributed by atoms with Gasteiger partial charge in [0, 0.05) is 6.54 Å². The molecule has 1 aliphatic rings. The Balaban J connectivity index is 2.05. The Kier molecular flexibility index (Phi) is 5.25. The van der Waals surface area contributed by atoms with Crippen LogP contribution < -0.4 is 0 Å². The lowest BCUT2D eigenvalue weighted by molar-refractivity contribution is -0.194. The van der Waals surface area contributed by atoms with Crippen LogP contribution in [0.5, 0.6) is 0 Å². The van der Waals surface area contributed by atoms with E-state index in [0.717, 1.165) is 0 Å². The zero-order valence-corrected chi connectivity index (χ0v) is 12.1. The molecule has 5 nitrogen and oxygen atoms in total. The maximum Gasteiger partial charge on any atom is 0.471 e. The summed E-state index contributed by atoms with van der Waals surface area (Å²) in [6.07, 6.45) is -6.13. The van der Waals surface area contributed by atoms with Crippen LogP contribution in [0.3, 0.4) is 0 Å². The molecule has 8 heteroatoms. The minimum atomic E-state index is -5.10. The monoisotopic (exact) mass is 331 g/mol. The highest BCUT2D eigenvalue weighted by molar-refractivity contribution is 5.88. The van der Waals surface area contributed by atoms with Crippen LogP contribution in [0.2, 0.25) is 0 Å². The van der Waals surface area contributed by atoms with Gasteiger partial charge in [0.15, 0.2) is 0 Å². The van der Waals surface area contributed by atoms with Crippen LogP contribution in [0.1, 0.15) is 18.4 Å². The molecule has 2 atom stereocenters. The molecular formula is C15H16F3NO4. The van der Waals surface area contributed by atoms with Crippen molar-refractivity contribution in [3.63, 3.8) is 0 Å². The fourth-order valence-corrected chi connectivity index (χ4v) is 2.41. The van der Waals surface area contributed by atoms with E-state index >= 15 is 0 Å². The summed E-state index contributed by atoms with van der Waals surface area (Å²) in [5.41, 5.74) is 0.686. The van der Waals surface area contributed by atoms with Crippen molar-refractivity contribution >= 4 is 11.9 Å². The van der Waals surface area contributed by atoms with Gasteiger partial charge in [0.1, 0.15) is 12.6 Å². The first-order chi connectivity index (χ1) is 10.8. The maximum absolute atomic E-state index is 12.6. The smallest absolute Gasteiger partial charge is 0.459 e. The molecule has 0 aliphatic carbocycles. The lowest BCUT2D eigenvalue weighted by atomic mass is 10.00. The van der Waals surface area contributed by atoms with Gasteiger partial charge in [-0.1, -0.05) is 30.3 Å². The fourth-order valence-electron chi connectivity index (χ4n) is 2.41. The normalized spacial score (nSPS) is 21.8. The predicted octanol–water partition coefficient (Wildman–Crippen LogP) is 1.64. The molecule has 1 aromatic carbocycles. The topological polar surface area (TPSA) is 66.8 Å². The van der Waals surface area contributed by atoms with Crippen molar-refractivity contribution in [1.82, 2.24) is 4.90 Å². The van der Waals surface area contributed by atoms with Crippen molar-refractivity contribution in [2.45, 2.75) is 37.8 Å². The van der Waals surface area contributed by atoms with Crippen LogP contribution in [-0.2, 0) is 20.9 Å². The Bertz CT molecular complexity index is 562. The molecule has 1 N–H and O–H groups in total. The number of aliphatic hydroxyl groups excluding tert-OH is 1. The summed E-state index contributed by atoms with van der Waals surface area (Å²) in [5.74, 6) is -3.05. The summed E-state index contributed by atoms with van der Waals surface area (Å²) in [6.45, 7) is -0.629. The third kappa shape index (κ3) is 4.44. The van der Waals surface area contributed by atoms with E-state index in [0.29, 0.717) is 10.5 Å². The molecule has 1 amide bonds. The van der Waals surface area contributed by atoms with Crippen molar-refractivity contribution in [2.24, 2.45) is 0 Å². The third-order valence-corrected chi connectivity index (χ3v) is 3.56. The van der Waals surface area contributed by atoms with E-state index in [4.69, 9.17) is 4.74 Å². The van der Waals surface area contributed by atoms with E-state index in [1.807, 2.05) is 0 Å². The number of likely N-dealkylation sites (tertiary alicyclic amines) is 1. The first-order valence-electron chi connectivity index (χ1n) is 7.05. The Morgan fingerprint density at radius 1 is 1.22 bits per heavy atom. The van der Waals surface area contributed by atoms with E-state index in [9.17, 15) is 27.9 Å². The lowest BCUT2D eigenvalue weighted by Crippen LogP contribution is -2.56. The van der Waals surface area contributed by atoms with E-state index in [1.54, 1.807) is 30.3 Å². The Morgan fingerprint density at radius 3 is 2.48 bits per heavy atom. The molecule has 0 aromatic heterocycles. The molecule has 1 aromatic rings. The summed E-state index contributed by atoms with van der Waals surface area (Å²) < 4.78 is 42.9. The Hall–Kier alpha value is -2.09. The molecule has 2 unspecified atom stereocenters. The highest BCUT2D eigenvalue weighted by Gasteiger charge is 2.48. The van der Waals surface area contributed by atoms with Crippen LogP contribution >= 0.6 is 0 Å². The molecular weight excluding hydrogens is 315 g/mol. The van der Waals surface area contributed by atoms with Crippen molar-refractivity contribution in [3.05, 3.63) is 35.9 Å². The standard InChI is InChI=1S/C15H16F3NO4/c16-15(17,18)14(22)19-8-11(20)6-7-12(19)13(21)23-9-10-4-2-1-3-5-10/h1-5,11-12,20H,6-9H2. The second-order valence-electron chi connectivity index (χ2n) is 5.30. The number of aliphatic hydroxyl groups is 1. The summed E-state index contributed by atoms with van der Waals surface area (Å²) in [6, 6.07) is 7.32. The van der Waals surface area contributed by atoms with Crippen molar-refractivity contribution < 1.29 is 32.6 Å². The number of alkyl halides is 3. The molecule has 1 saturated heterocycles. The van der Waals surface area contributed by atoms with Gasteiger partial charge in [-0.25, -0.2) is 4.79 Å². The van der Waals surface area contributed by atoms with E-state index in [2.05, 4.69) is 0 Å². The van der Waals surface area contributed by atoms with Crippen molar-refractivity contribution in [2.75, 3.05) is 6.54 Å². The summed E-state index contributed by atoms with van der Waals surface area (Å²) in [5, 5.41) is 9.49. The van der Waals surface area contributed by atoms with Crippen LogP contribution in [0.15, 0.2) is 30.3 Å². The number of carbonyl (C=O) groups excluding carboxylic acids is 2. The number of hydrogen-bond donors (Lipinski definition) is 1. The maximum atomic E-state index is 12.6. The van der Waals surface area contributed by atoms with Crippen molar-refractivity contribution in [3.8, 4) is 0 Å². The van der Waals surface area contributed by atoms with Crippen LogP contribution in [0.4, 0.5) is 13.2 Å². The largest absolute Gasteiger partial charge is 0.471 e. The van der Waals surface area contributed by atoms with Crippen molar-refractivity contribution in [1.29, 1.82) is 0 Å². The quantitative estimate of drug-likeness (QED) is 0.855. The Labute approximate surface area is 130 Å². The first kappa shape index (κ1) is 17.3. The van der Waals surface area contributed by atoms with Gasteiger partial charge in [-0.15, -0.1) is 0 Å². The number of carbonyl (C=O) groups is 2. The van der Waals surface area contributed by atoms with Crippen LogP contribution in [-0.4, -0.2) is 46.7 Å². The molecule has 1 fully saturated rings. The number of esters is 1. The molecule has 0 spiro atoms. The van der Waals surface area contributed by atoms with E-state index < -0.39 is 36.7 Å². The Morgan fingerprint density at radius 2 is 1.87 bits per heavy atom. The van der Waals surface area contributed by atoms with Crippen LogP contribution in [0, 0.1) is 0 Å². The van der Waals surface area contributed by atoms with Gasteiger partial charge >= 0.3 is 18.1 Å². The number of piperidine rings is 1. The van der Waals surface area contributed by atoms with Gasteiger partial charge in [0.2, 0.25) is 0 Å². The summed E-state index contributed by atoms with van der Waals surface area (Å²) in [4.78, 5) is 23.8. The zero-order valence-electron chi connectivity index (χ0n) is 12.1. The van der Waals surface area contributed by atoms with Gasteiger partial charge in [-0.2, -0.15) is 13.2 Å². The molecule has 1 aliphatic heterocycles. The molecule has 2 rings (SSSR count). The number of halogens is 3. The first-order valence-corrected chi connectivity index (χ1v) is 7.05. The average Bonchev–Trinajstić information content (AvgIpc) is 2.52. The van der Waals surface area contributed by atoms with Gasteiger partial charge in [-0.05, 0) is 18.4 Å². The number of ether oxygens (including phenoxy) is 1. The molecule has 1 heterocycles. The minimum absolute atomic E-state index is 0.0728. The molecule has 0 radical (unpaired) electrons. The summed E-state index contributed by atoms with van der Waals surface area (Å²) in [7, 11) is 0. The molecule has 23 heavy (non-hydrogen) atoms. The predicted molar refractivity (Wildman–Crippen MR) is 73.0 cm³/mol. The third-order valence-electron chi connectivity index (χ3n) is 3.56. The second-order valence-corrected chi connectivity index (χ2v) is 5.30. The highest BCUT2D eigenvalue weighted by Crippen LogP contribution is 2.26. The zero-order chi connectivity index (χ0) is 17.0. The minimum Gasteiger partial charge on any atom is -0.459 e. The molecule has 0 bridgehead atoms. The van der Waals surface area contributed by atoms with Gasteiger partial charge < -0.3 is 14.7 Å². The van der Waals surface area contributed by atoms with E-state index in [1.165, 1.54) is 0 Å². The molecule has 126 valence electrons. The number of rotatable bonds is 3. The molecule has 0 saturated carbocycles. The highest BCUT2D eigenvalue weighted by atomic mass is 19.4. The van der Waals surface area contributed by atoms with Gasteiger partial charge in [0.25, 0.3) is 0 Å². The number of amides is 1. The van der Waals surface area contributed by atoms with E-state index in [-0.39, 0.29) is 19.4 Å². The lowest BCUT2D eigenvalue weighted by Gasteiger charge is -2.36. The SMILES string of the molecule is O=C(OCc1ccccc1)C1CCC(O)CN1C(=O)C(F)(F)F. The fraction of sp³-hybridized carbons (Fsp3) is 0.467. The number of nitrogens with zero attached hydrogens (tertiary/aromatic N) is 1. The number of β-amino-alcohol motifs (C(OH)–C–C–N with tert-alkyl or cyclic N) is 1. The second kappa shape index (κ2) is 6.99. The average molecular weight is 331 g/mol. The summed E-state index contributed by atoms with van der Waals surface area (Å²) >= 11 is 0. The number of benzene rings is 1. The van der Waals surface area contributed by atoms with Crippen LogP contribution in [0.25, 0.3) is 0 Å².